The lowest BCUT2D eigenvalue weighted by Crippen LogP contribution is -2.28. The van der Waals surface area contributed by atoms with Crippen molar-refractivity contribution in [3.8, 4) is 10.4 Å². The third-order valence-corrected chi connectivity index (χ3v) is 6.62. The number of hydrogen-bond donors (Lipinski definition) is 3. The number of thiophene rings is 1. The summed E-state index contributed by atoms with van der Waals surface area (Å²) >= 11 is 9.61. The molecule has 3 N–H and O–H groups in total. The standard InChI is InChI=1S/C20H16ClN3O2S2/c1-10-7-15-16(23-20(26)19(25)22-15)9-18(10)28-24-12-4-5-13(14(21)8-12)17-6-3-11(2)27-17/h3-9,24H,1-2H3,(H,22,25)(H,23,26). The van der Waals surface area contributed by atoms with Gasteiger partial charge >= 0.3 is 11.1 Å². The SMILES string of the molecule is Cc1ccc(-c2ccc(NSc3cc4[nH]c(=O)c(=O)[nH]c4cc3C)cc2Cl)s1. The highest BCUT2D eigenvalue weighted by molar-refractivity contribution is 8.00. The van der Waals surface area contributed by atoms with E-state index in [2.05, 4.69) is 33.7 Å². The second-order valence-corrected chi connectivity index (χ2v) is 8.92. The summed E-state index contributed by atoms with van der Waals surface area (Å²) in [6.07, 6.45) is 0. The molecule has 0 radical (unpaired) electrons. The van der Waals surface area contributed by atoms with E-state index in [1.165, 1.54) is 16.8 Å². The predicted octanol–water partition coefficient (Wildman–Crippen LogP) is 5.33. The van der Waals surface area contributed by atoms with E-state index < -0.39 is 11.1 Å². The maximum absolute atomic E-state index is 11.6. The van der Waals surface area contributed by atoms with Gasteiger partial charge in [-0.1, -0.05) is 11.6 Å². The number of anilines is 1. The van der Waals surface area contributed by atoms with Crippen molar-refractivity contribution < 1.29 is 0 Å². The van der Waals surface area contributed by atoms with E-state index in [-0.39, 0.29) is 0 Å². The summed E-state index contributed by atoms with van der Waals surface area (Å²) in [5.74, 6) is 0. The van der Waals surface area contributed by atoms with Gasteiger partial charge in [-0.2, -0.15) is 0 Å². The molecule has 0 atom stereocenters. The van der Waals surface area contributed by atoms with Gasteiger partial charge in [0.2, 0.25) is 0 Å². The lowest BCUT2D eigenvalue weighted by molar-refractivity contribution is 1.13. The van der Waals surface area contributed by atoms with Crippen LogP contribution in [0, 0.1) is 13.8 Å². The molecule has 0 unspecified atom stereocenters. The topological polar surface area (TPSA) is 77.8 Å². The van der Waals surface area contributed by atoms with Crippen molar-refractivity contribution in [2.75, 3.05) is 4.72 Å². The second kappa shape index (κ2) is 7.50. The molecular formula is C20H16ClN3O2S2. The molecule has 0 saturated carbocycles. The average Bonchev–Trinajstić information content (AvgIpc) is 3.08. The number of aryl methyl sites for hydroxylation is 2. The maximum atomic E-state index is 11.6. The van der Waals surface area contributed by atoms with Crippen molar-refractivity contribution in [3.63, 3.8) is 0 Å². The van der Waals surface area contributed by atoms with E-state index in [4.69, 9.17) is 11.6 Å². The second-order valence-electron chi connectivity index (χ2n) is 6.38. The summed E-state index contributed by atoms with van der Waals surface area (Å²) in [4.78, 5) is 31.5. The number of halogens is 1. The molecule has 0 aliphatic carbocycles. The first-order valence-electron chi connectivity index (χ1n) is 8.47. The fraction of sp³-hybridized carbons (Fsp3) is 0.100. The molecule has 0 aliphatic rings. The molecule has 2 aromatic carbocycles. The van der Waals surface area contributed by atoms with Gasteiger partial charge in [0.15, 0.2) is 0 Å². The number of aromatic nitrogens is 2. The summed E-state index contributed by atoms with van der Waals surface area (Å²) < 4.78 is 3.29. The highest BCUT2D eigenvalue weighted by Crippen LogP contribution is 2.36. The fourth-order valence-electron chi connectivity index (χ4n) is 2.83. The molecule has 0 saturated heterocycles. The normalized spacial score (nSPS) is 11.1. The summed E-state index contributed by atoms with van der Waals surface area (Å²) in [6.45, 7) is 4.02. The molecule has 0 bridgehead atoms. The summed E-state index contributed by atoms with van der Waals surface area (Å²) in [7, 11) is 0. The number of H-pyrrole nitrogens is 2. The first-order valence-corrected chi connectivity index (χ1v) is 10.5. The van der Waals surface area contributed by atoms with Crippen LogP contribution in [0.15, 0.2) is 56.9 Å². The monoisotopic (exact) mass is 429 g/mol. The van der Waals surface area contributed by atoms with Crippen molar-refractivity contribution in [1.29, 1.82) is 0 Å². The first-order chi connectivity index (χ1) is 13.4. The van der Waals surface area contributed by atoms with Gasteiger partial charge < -0.3 is 14.7 Å². The van der Waals surface area contributed by atoms with Crippen LogP contribution in [0.5, 0.6) is 0 Å². The molecule has 5 nitrogen and oxygen atoms in total. The number of nitrogens with one attached hydrogen (secondary N) is 3. The fourth-order valence-corrected chi connectivity index (χ4v) is 4.83. The van der Waals surface area contributed by atoms with Gasteiger partial charge in [-0.3, -0.25) is 9.59 Å². The van der Waals surface area contributed by atoms with Crippen molar-refractivity contribution in [2.45, 2.75) is 18.7 Å². The summed E-state index contributed by atoms with van der Waals surface area (Å²) in [5.41, 5.74) is 2.74. The highest BCUT2D eigenvalue weighted by atomic mass is 35.5. The van der Waals surface area contributed by atoms with Crippen LogP contribution in [0.1, 0.15) is 10.4 Å². The maximum Gasteiger partial charge on any atom is 0.314 e. The third kappa shape index (κ3) is 3.73. The lowest BCUT2D eigenvalue weighted by Gasteiger charge is -2.11. The van der Waals surface area contributed by atoms with Gasteiger partial charge in [-0.25, -0.2) is 0 Å². The number of aromatic amines is 2. The van der Waals surface area contributed by atoms with Crippen LogP contribution in [0.3, 0.4) is 0 Å². The lowest BCUT2D eigenvalue weighted by atomic mass is 10.2. The van der Waals surface area contributed by atoms with E-state index in [9.17, 15) is 9.59 Å². The highest BCUT2D eigenvalue weighted by Gasteiger charge is 2.09. The zero-order chi connectivity index (χ0) is 19.8. The van der Waals surface area contributed by atoms with Crippen molar-refractivity contribution in [3.05, 3.63) is 78.6 Å². The van der Waals surface area contributed by atoms with Gasteiger partial charge in [-0.15, -0.1) is 11.3 Å². The minimum absolute atomic E-state index is 0.584. The van der Waals surface area contributed by atoms with E-state index >= 15 is 0 Å². The largest absolute Gasteiger partial charge is 0.326 e. The minimum Gasteiger partial charge on any atom is -0.326 e. The Morgan fingerprint density at radius 1 is 0.964 bits per heavy atom. The number of rotatable bonds is 4. The molecule has 28 heavy (non-hydrogen) atoms. The van der Waals surface area contributed by atoms with E-state index in [1.54, 1.807) is 11.3 Å². The predicted molar refractivity (Wildman–Crippen MR) is 119 cm³/mol. The van der Waals surface area contributed by atoms with E-state index in [1.807, 2.05) is 37.3 Å². The molecule has 0 amide bonds. The average molecular weight is 430 g/mol. The quantitative estimate of drug-likeness (QED) is 0.302. The molecule has 0 fully saturated rings. The van der Waals surface area contributed by atoms with Gasteiger partial charge in [0.1, 0.15) is 0 Å². The Morgan fingerprint density at radius 3 is 2.32 bits per heavy atom. The molecule has 0 spiro atoms. The number of hydrogen-bond acceptors (Lipinski definition) is 5. The number of fused-ring (bicyclic) bond motifs is 1. The molecule has 142 valence electrons. The Hall–Kier alpha value is -2.48. The molecule has 0 aliphatic heterocycles. The van der Waals surface area contributed by atoms with Crippen LogP contribution >= 0.6 is 34.9 Å². The molecule has 8 heteroatoms. The molecule has 4 aromatic rings. The van der Waals surface area contributed by atoms with Gasteiger partial charge in [-0.05, 0) is 73.8 Å². The Bertz CT molecular complexity index is 1310. The Balaban J connectivity index is 1.58. The van der Waals surface area contributed by atoms with Gasteiger partial charge in [0.25, 0.3) is 0 Å². The van der Waals surface area contributed by atoms with Gasteiger partial charge in [0.05, 0.1) is 16.1 Å². The smallest absolute Gasteiger partial charge is 0.314 e. The van der Waals surface area contributed by atoms with Crippen LogP contribution in [0.4, 0.5) is 5.69 Å². The Kier molecular flexibility index (Phi) is 5.05. The molecule has 2 heterocycles. The zero-order valence-electron chi connectivity index (χ0n) is 15.1. The Morgan fingerprint density at radius 2 is 1.68 bits per heavy atom. The van der Waals surface area contributed by atoms with Crippen LogP contribution in [-0.2, 0) is 0 Å². The van der Waals surface area contributed by atoms with Crippen LogP contribution in [-0.4, -0.2) is 9.97 Å². The number of benzene rings is 2. The van der Waals surface area contributed by atoms with Crippen molar-refractivity contribution in [1.82, 2.24) is 9.97 Å². The van der Waals surface area contributed by atoms with E-state index in [0.29, 0.717) is 16.1 Å². The first kappa shape index (κ1) is 18.9. The van der Waals surface area contributed by atoms with Crippen LogP contribution < -0.4 is 15.8 Å². The van der Waals surface area contributed by atoms with Crippen molar-refractivity contribution >= 4 is 51.6 Å². The molecule has 4 rings (SSSR count). The zero-order valence-corrected chi connectivity index (χ0v) is 17.4. The minimum atomic E-state index is -0.661. The van der Waals surface area contributed by atoms with Gasteiger partial charge in [0, 0.05) is 25.9 Å². The van der Waals surface area contributed by atoms with Crippen LogP contribution in [0.25, 0.3) is 21.5 Å². The van der Waals surface area contributed by atoms with Crippen LogP contribution in [0.2, 0.25) is 5.02 Å². The molecular weight excluding hydrogens is 414 g/mol. The van der Waals surface area contributed by atoms with E-state index in [0.717, 1.165) is 26.6 Å². The summed E-state index contributed by atoms with van der Waals surface area (Å²) in [6, 6.07) is 13.7. The Labute approximate surface area is 173 Å². The summed E-state index contributed by atoms with van der Waals surface area (Å²) in [5, 5.41) is 0.685. The third-order valence-electron chi connectivity index (χ3n) is 4.27. The van der Waals surface area contributed by atoms with Crippen molar-refractivity contribution in [2.24, 2.45) is 0 Å². The molecule has 2 aromatic heterocycles.